The number of carbonyl (C=O) groups excluding carboxylic acids is 1. The highest BCUT2D eigenvalue weighted by Gasteiger charge is 2.18. The van der Waals surface area contributed by atoms with E-state index >= 15 is 0 Å². The van der Waals surface area contributed by atoms with Gasteiger partial charge in [-0.2, -0.15) is 0 Å². The van der Waals surface area contributed by atoms with Crippen LogP contribution in [0.4, 0.5) is 0 Å². The Labute approximate surface area is 163 Å². The van der Waals surface area contributed by atoms with Crippen LogP contribution in [0.5, 0.6) is 0 Å². The zero-order valence-corrected chi connectivity index (χ0v) is 16.9. The van der Waals surface area contributed by atoms with Crippen LogP contribution in [-0.2, 0) is 17.6 Å². The zero-order valence-electron chi connectivity index (χ0n) is 16.9. The summed E-state index contributed by atoms with van der Waals surface area (Å²) in [5.74, 6) is -0.333. The molecule has 1 unspecified atom stereocenters. The summed E-state index contributed by atoms with van der Waals surface area (Å²) in [4.78, 5) is 20.8. The quantitative estimate of drug-likeness (QED) is 0.368. The lowest BCUT2D eigenvalue weighted by atomic mass is 10.0. The van der Waals surface area contributed by atoms with E-state index in [9.17, 15) is 4.79 Å². The third kappa shape index (κ3) is 6.78. The van der Waals surface area contributed by atoms with E-state index in [-0.39, 0.29) is 11.9 Å². The summed E-state index contributed by atoms with van der Waals surface area (Å²) in [6.45, 7) is 6.38. The van der Waals surface area contributed by atoms with Crippen molar-refractivity contribution >= 4 is 5.97 Å². The van der Waals surface area contributed by atoms with Crippen LogP contribution in [-0.4, -0.2) is 15.9 Å². The highest BCUT2D eigenvalue weighted by Crippen LogP contribution is 2.23. The number of hydrogen-bond donors (Lipinski definition) is 0. The number of unbranched alkanes of at least 4 members (excludes halogenated alkanes) is 3. The molecule has 0 saturated heterocycles. The molecule has 0 radical (unpaired) electrons. The number of aryl methyl sites for hydroxylation is 2. The van der Waals surface area contributed by atoms with E-state index in [0.717, 1.165) is 43.2 Å². The Kier molecular flexibility index (Phi) is 8.96. The normalized spacial score (nSPS) is 12.0. The molecular weight excluding hydrogens is 336 g/mol. The first-order valence-corrected chi connectivity index (χ1v) is 10.3. The lowest BCUT2D eigenvalue weighted by molar-refractivity contribution is 0.0273. The molecular formula is C23H32N2O2. The Morgan fingerprint density at radius 2 is 1.52 bits per heavy atom. The summed E-state index contributed by atoms with van der Waals surface area (Å²) in [5.41, 5.74) is 3.41. The number of ether oxygens (including phenoxy) is 1. The van der Waals surface area contributed by atoms with Gasteiger partial charge in [0.05, 0.1) is 0 Å². The molecule has 1 atom stereocenters. The number of carbonyl (C=O) groups is 1. The van der Waals surface area contributed by atoms with Gasteiger partial charge < -0.3 is 4.74 Å². The molecule has 0 aliphatic carbocycles. The van der Waals surface area contributed by atoms with Crippen LogP contribution in [0.15, 0.2) is 36.7 Å². The van der Waals surface area contributed by atoms with Crippen molar-refractivity contribution in [2.75, 3.05) is 0 Å². The van der Waals surface area contributed by atoms with Gasteiger partial charge in [0.15, 0.2) is 0 Å². The Morgan fingerprint density at radius 3 is 2.11 bits per heavy atom. The maximum absolute atomic E-state index is 12.4. The molecule has 2 rings (SSSR count). The molecule has 0 spiro atoms. The fraction of sp³-hybridized carbons (Fsp3) is 0.522. The number of hydrogen-bond acceptors (Lipinski definition) is 4. The van der Waals surface area contributed by atoms with E-state index in [1.807, 2.05) is 6.92 Å². The van der Waals surface area contributed by atoms with Gasteiger partial charge in [-0.15, -0.1) is 0 Å². The minimum Gasteiger partial charge on any atom is -0.452 e. The van der Waals surface area contributed by atoms with Gasteiger partial charge >= 0.3 is 5.97 Å². The lowest BCUT2D eigenvalue weighted by Gasteiger charge is -2.16. The molecule has 0 fully saturated rings. The minimum absolute atomic E-state index is 0.130. The third-order valence-corrected chi connectivity index (χ3v) is 4.75. The molecule has 4 heteroatoms. The van der Waals surface area contributed by atoms with Crippen molar-refractivity contribution in [3.63, 3.8) is 0 Å². The first-order chi connectivity index (χ1) is 13.2. The van der Waals surface area contributed by atoms with Gasteiger partial charge in [-0.1, -0.05) is 64.3 Å². The summed E-state index contributed by atoms with van der Waals surface area (Å²) in [6.07, 6.45) is 11.9. The van der Waals surface area contributed by atoms with E-state index in [0.29, 0.717) is 0 Å². The van der Waals surface area contributed by atoms with Crippen molar-refractivity contribution in [1.82, 2.24) is 9.97 Å². The van der Waals surface area contributed by atoms with Crippen molar-refractivity contribution in [2.24, 2.45) is 0 Å². The molecule has 0 amide bonds. The maximum atomic E-state index is 12.4. The number of benzene rings is 1. The van der Waals surface area contributed by atoms with Gasteiger partial charge in [0, 0.05) is 12.4 Å². The topological polar surface area (TPSA) is 52.1 Å². The van der Waals surface area contributed by atoms with Crippen molar-refractivity contribution in [3.05, 3.63) is 59.2 Å². The van der Waals surface area contributed by atoms with E-state index in [4.69, 9.17) is 4.74 Å². The first kappa shape index (κ1) is 21.1. The molecule has 4 nitrogen and oxygen atoms in total. The molecule has 0 aliphatic rings. The monoisotopic (exact) mass is 368 g/mol. The average Bonchev–Trinajstić information content (AvgIpc) is 2.71. The molecule has 2 aromatic rings. The fourth-order valence-electron chi connectivity index (χ4n) is 3.02. The van der Waals surface area contributed by atoms with Crippen LogP contribution in [0.3, 0.4) is 0 Å². The van der Waals surface area contributed by atoms with Gasteiger partial charge in [-0.3, -0.25) is 0 Å². The van der Waals surface area contributed by atoms with Crippen LogP contribution in [0, 0.1) is 0 Å². The second-order valence-corrected chi connectivity index (χ2v) is 7.02. The summed E-state index contributed by atoms with van der Waals surface area (Å²) in [7, 11) is 0. The fourth-order valence-corrected chi connectivity index (χ4v) is 3.02. The van der Waals surface area contributed by atoms with Gasteiger partial charge in [-0.05, 0) is 48.8 Å². The molecule has 1 aromatic heterocycles. The molecule has 0 N–H and O–H groups in total. The SMILES string of the molecule is CCCCCc1ccc(C(CC)OC(=O)c2ncc(CCCC)cn2)cc1. The van der Waals surface area contributed by atoms with Crippen LogP contribution >= 0.6 is 0 Å². The number of aromatic nitrogens is 2. The van der Waals surface area contributed by atoms with E-state index in [2.05, 4.69) is 48.1 Å². The molecule has 27 heavy (non-hydrogen) atoms. The number of nitrogens with zero attached hydrogens (tertiary/aromatic N) is 2. The van der Waals surface area contributed by atoms with Gasteiger partial charge in [0.1, 0.15) is 6.10 Å². The van der Waals surface area contributed by atoms with Crippen LogP contribution in [0.1, 0.15) is 92.7 Å². The van der Waals surface area contributed by atoms with Gasteiger partial charge in [0.25, 0.3) is 0 Å². The molecule has 0 aliphatic heterocycles. The molecule has 0 bridgehead atoms. The summed E-state index contributed by atoms with van der Waals surface area (Å²) < 4.78 is 5.67. The standard InChI is InChI=1S/C23H32N2O2/c1-4-7-9-11-18-12-14-20(15-13-18)21(6-3)27-23(26)22-24-16-19(17-25-22)10-8-5-2/h12-17,21H,4-11H2,1-3H3. The number of rotatable bonds is 11. The zero-order chi connectivity index (χ0) is 19.5. The van der Waals surface area contributed by atoms with E-state index < -0.39 is 5.97 Å². The highest BCUT2D eigenvalue weighted by atomic mass is 16.5. The van der Waals surface area contributed by atoms with Crippen LogP contribution in [0.2, 0.25) is 0 Å². The Bertz CT molecular complexity index is 681. The molecule has 0 saturated carbocycles. The summed E-state index contributed by atoms with van der Waals surface area (Å²) in [5, 5.41) is 0. The van der Waals surface area contributed by atoms with Gasteiger partial charge in [-0.25, -0.2) is 14.8 Å². The largest absolute Gasteiger partial charge is 0.452 e. The Morgan fingerprint density at radius 1 is 0.889 bits per heavy atom. The first-order valence-electron chi connectivity index (χ1n) is 10.3. The maximum Gasteiger partial charge on any atom is 0.376 e. The van der Waals surface area contributed by atoms with Crippen molar-refractivity contribution in [1.29, 1.82) is 0 Å². The third-order valence-electron chi connectivity index (χ3n) is 4.75. The van der Waals surface area contributed by atoms with Gasteiger partial charge in [0.2, 0.25) is 5.82 Å². The van der Waals surface area contributed by atoms with E-state index in [1.165, 1.54) is 24.8 Å². The van der Waals surface area contributed by atoms with Crippen molar-refractivity contribution < 1.29 is 9.53 Å². The predicted molar refractivity (Wildman–Crippen MR) is 109 cm³/mol. The molecule has 1 heterocycles. The smallest absolute Gasteiger partial charge is 0.376 e. The second-order valence-electron chi connectivity index (χ2n) is 7.02. The molecule has 146 valence electrons. The lowest BCUT2D eigenvalue weighted by Crippen LogP contribution is -2.14. The Balaban J connectivity index is 1.95. The summed E-state index contributed by atoms with van der Waals surface area (Å²) >= 11 is 0. The highest BCUT2D eigenvalue weighted by molar-refractivity contribution is 5.85. The minimum atomic E-state index is -0.462. The van der Waals surface area contributed by atoms with Crippen molar-refractivity contribution in [2.45, 2.75) is 78.2 Å². The van der Waals surface area contributed by atoms with Crippen LogP contribution < -0.4 is 0 Å². The van der Waals surface area contributed by atoms with Crippen LogP contribution in [0.25, 0.3) is 0 Å². The predicted octanol–water partition coefficient (Wildman–Crippen LogP) is 5.86. The summed E-state index contributed by atoms with van der Waals surface area (Å²) in [6, 6.07) is 8.41. The van der Waals surface area contributed by atoms with E-state index in [1.54, 1.807) is 12.4 Å². The van der Waals surface area contributed by atoms with Crippen molar-refractivity contribution in [3.8, 4) is 0 Å². The average molecular weight is 369 g/mol. The second kappa shape index (κ2) is 11.5. The Hall–Kier alpha value is -2.23. The number of esters is 1. The molecule has 1 aromatic carbocycles.